The van der Waals surface area contributed by atoms with Gasteiger partial charge in [-0.15, -0.1) is 0 Å². The summed E-state index contributed by atoms with van der Waals surface area (Å²) in [5.74, 6) is 5.59. The van der Waals surface area contributed by atoms with E-state index in [9.17, 15) is 0 Å². The number of nitrogens with zero attached hydrogens (tertiary/aromatic N) is 1. The molecule has 0 bridgehead atoms. The van der Waals surface area contributed by atoms with Crippen LogP contribution in [0.25, 0.3) is 0 Å². The Bertz CT molecular complexity index is 599. The summed E-state index contributed by atoms with van der Waals surface area (Å²) in [4.78, 5) is 0. The fourth-order valence-electron chi connectivity index (χ4n) is 4.45. The van der Waals surface area contributed by atoms with E-state index < -0.39 is 0 Å². The predicted octanol–water partition coefficient (Wildman–Crippen LogP) is 4.20. The van der Waals surface area contributed by atoms with Gasteiger partial charge in [-0.05, 0) is 61.6 Å². The van der Waals surface area contributed by atoms with Crippen molar-refractivity contribution in [3.8, 4) is 0 Å². The van der Waals surface area contributed by atoms with Crippen LogP contribution in [0, 0.1) is 17.8 Å². The van der Waals surface area contributed by atoms with Gasteiger partial charge in [-0.3, -0.25) is 4.31 Å². The Balaban J connectivity index is 1.25. The minimum Gasteiger partial charge on any atom is -0.494 e. The van der Waals surface area contributed by atoms with Crippen LogP contribution in [0.15, 0.2) is 35.8 Å². The normalized spacial score (nSPS) is 35.5. The molecule has 142 valence electrons. The number of nitrogens with one attached hydrogen (secondary N) is 1. The molecule has 0 spiro atoms. The van der Waals surface area contributed by atoms with Gasteiger partial charge >= 0.3 is 0 Å². The lowest BCUT2D eigenvalue weighted by Crippen LogP contribution is -2.37. The van der Waals surface area contributed by atoms with Crippen molar-refractivity contribution in [2.24, 2.45) is 17.8 Å². The number of hydrogen-bond acceptors (Lipinski definition) is 5. The van der Waals surface area contributed by atoms with Crippen molar-refractivity contribution in [3.05, 3.63) is 35.8 Å². The zero-order valence-corrected chi connectivity index (χ0v) is 17.1. The minimum absolute atomic E-state index is 0.404. The maximum atomic E-state index is 6.66. The van der Waals surface area contributed by atoms with Crippen LogP contribution in [0.1, 0.15) is 32.1 Å². The van der Waals surface area contributed by atoms with Crippen molar-refractivity contribution in [1.29, 1.82) is 0 Å². The Morgan fingerprint density at radius 2 is 2.04 bits per heavy atom. The minimum atomic E-state index is 0.404. The van der Waals surface area contributed by atoms with E-state index in [0.717, 1.165) is 17.7 Å². The van der Waals surface area contributed by atoms with E-state index in [0.29, 0.717) is 17.9 Å². The van der Waals surface area contributed by atoms with E-state index in [1.54, 1.807) is 5.57 Å². The third-order valence-electron chi connectivity index (χ3n) is 6.23. The number of fused-ring (bicyclic) bond motifs is 1. The summed E-state index contributed by atoms with van der Waals surface area (Å²) >= 11 is 4.21. The number of ether oxygens (including phenoxy) is 1. The molecule has 0 radical (unpaired) electrons. The first kappa shape index (κ1) is 17.6. The molecule has 2 saturated heterocycles. The van der Waals surface area contributed by atoms with Gasteiger partial charge in [-0.1, -0.05) is 24.1 Å². The largest absolute Gasteiger partial charge is 0.494 e. The summed E-state index contributed by atoms with van der Waals surface area (Å²) in [6.07, 6.45) is 16.3. The zero-order chi connectivity index (χ0) is 17.3. The van der Waals surface area contributed by atoms with Crippen LogP contribution in [0.3, 0.4) is 0 Å². The maximum absolute atomic E-state index is 6.66. The molecule has 1 N–H and O–H groups in total. The lowest BCUT2D eigenvalue weighted by Gasteiger charge is -2.37. The van der Waals surface area contributed by atoms with Crippen LogP contribution < -0.4 is 5.32 Å². The van der Waals surface area contributed by atoms with E-state index in [1.165, 1.54) is 62.5 Å². The lowest BCUT2D eigenvalue weighted by atomic mass is 9.79. The molecule has 3 aliphatic heterocycles. The monoisotopic (exact) mass is 390 g/mol. The number of allylic oxidation sites excluding steroid dienone is 4. The molecule has 1 saturated carbocycles. The predicted molar refractivity (Wildman–Crippen MR) is 112 cm³/mol. The molecule has 5 rings (SSSR count). The molecule has 0 amide bonds. The summed E-state index contributed by atoms with van der Waals surface area (Å²) in [7, 11) is 0. The Labute approximate surface area is 166 Å². The Kier molecular flexibility index (Phi) is 5.30. The van der Waals surface area contributed by atoms with E-state index in [4.69, 9.17) is 4.74 Å². The van der Waals surface area contributed by atoms with Gasteiger partial charge in [0.15, 0.2) is 0 Å². The Hall–Kier alpha value is -0.520. The molecule has 3 atom stereocenters. The van der Waals surface area contributed by atoms with Crippen molar-refractivity contribution < 1.29 is 4.74 Å². The van der Waals surface area contributed by atoms with E-state index >= 15 is 0 Å². The number of hydrogen-bond donors (Lipinski definition) is 1. The van der Waals surface area contributed by atoms with Crippen LogP contribution in [0.5, 0.6) is 0 Å². The highest BCUT2D eigenvalue weighted by molar-refractivity contribution is 7.99. The lowest BCUT2D eigenvalue weighted by molar-refractivity contribution is 0.0508. The molecule has 3 heterocycles. The molecule has 0 aromatic heterocycles. The van der Waals surface area contributed by atoms with Gasteiger partial charge in [0.1, 0.15) is 11.9 Å². The highest BCUT2D eigenvalue weighted by Gasteiger charge is 2.34. The summed E-state index contributed by atoms with van der Waals surface area (Å²) < 4.78 is 9.25. The second kappa shape index (κ2) is 7.84. The van der Waals surface area contributed by atoms with Crippen molar-refractivity contribution in [3.63, 3.8) is 0 Å². The quantitative estimate of drug-likeness (QED) is 0.709. The molecular formula is C21H30N2OS2. The SMILES string of the molecule is C1=CC2C=C(C3CCSC3)C=C(OC3CCN(SC4CC4)CC3)C2CN1. The third kappa shape index (κ3) is 4.00. The highest BCUT2D eigenvalue weighted by atomic mass is 32.2. The Morgan fingerprint density at radius 3 is 2.81 bits per heavy atom. The molecule has 5 heteroatoms. The fraction of sp³-hybridized carbons (Fsp3) is 0.714. The first-order chi connectivity index (χ1) is 12.8. The number of piperidine rings is 1. The van der Waals surface area contributed by atoms with E-state index in [1.807, 2.05) is 0 Å². The Morgan fingerprint density at radius 1 is 1.15 bits per heavy atom. The maximum Gasteiger partial charge on any atom is 0.102 e. The first-order valence-corrected chi connectivity index (χ1v) is 12.3. The summed E-state index contributed by atoms with van der Waals surface area (Å²) in [6, 6.07) is 0. The van der Waals surface area contributed by atoms with Gasteiger partial charge < -0.3 is 10.1 Å². The van der Waals surface area contributed by atoms with Crippen molar-refractivity contribution in [2.45, 2.75) is 43.5 Å². The summed E-state index contributed by atoms with van der Waals surface area (Å²) in [5, 5.41) is 4.35. The van der Waals surface area contributed by atoms with E-state index in [-0.39, 0.29) is 0 Å². The molecule has 0 aromatic rings. The third-order valence-corrected chi connectivity index (χ3v) is 8.82. The van der Waals surface area contributed by atoms with Crippen molar-refractivity contribution in [1.82, 2.24) is 9.62 Å². The standard InChI is InChI=1S/C21H30N2OS2/c1-2-19(1)26-23-8-4-18(5-9-23)24-21-12-17(16-6-10-25-14-16)11-15-3-7-22-13-20(15)21/h3,7,11-12,15-16,18-20,22H,1-2,4-6,8-10,13-14H2. The fourth-order valence-corrected chi connectivity index (χ4v) is 6.90. The highest BCUT2D eigenvalue weighted by Crippen LogP contribution is 2.41. The summed E-state index contributed by atoms with van der Waals surface area (Å²) in [6.45, 7) is 3.38. The van der Waals surface area contributed by atoms with Crippen LogP contribution in [0.2, 0.25) is 0 Å². The smallest absolute Gasteiger partial charge is 0.102 e. The molecule has 0 aromatic carbocycles. The molecule has 5 aliphatic rings. The molecular weight excluding hydrogens is 360 g/mol. The van der Waals surface area contributed by atoms with E-state index in [2.05, 4.69) is 57.8 Å². The number of rotatable bonds is 5. The van der Waals surface area contributed by atoms with Crippen LogP contribution in [-0.2, 0) is 4.74 Å². The average Bonchev–Trinajstić information content (AvgIpc) is 3.31. The second-order valence-electron chi connectivity index (χ2n) is 8.28. The van der Waals surface area contributed by atoms with Gasteiger partial charge in [0.25, 0.3) is 0 Å². The van der Waals surface area contributed by atoms with Gasteiger partial charge in [0, 0.05) is 42.5 Å². The van der Waals surface area contributed by atoms with Crippen molar-refractivity contribution >= 4 is 23.7 Å². The van der Waals surface area contributed by atoms with Crippen LogP contribution in [0.4, 0.5) is 0 Å². The number of thioether (sulfide) groups is 1. The van der Waals surface area contributed by atoms with Crippen LogP contribution in [-0.4, -0.2) is 46.8 Å². The van der Waals surface area contributed by atoms with Gasteiger partial charge in [0.2, 0.25) is 0 Å². The average molecular weight is 391 g/mol. The van der Waals surface area contributed by atoms with Crippen LogP contribution >= 0.6 is 23.7 Å². The molecule has 26 heavy (non-hydrogen) atoms. The molecule has 3 nitrogen and oxygen atoms in total. The molecule has 3 unspecified atom stereocenters. The summed E-state index contributed by atoms with van der Waals surface area (Å²) in [5.41, 5.74) is 1.54. The molecule has 2 aliphatic carbocycles. The molecule has 3 fully saturated rings. The topological polar surface area (TPSA) is 24.5 Å². The first-order valence-electron chi connectivity index (χ1n) is 10.3. The second-order valence-corrected chi connectivity index (χ2v) is 10.8. The van der Waals surface area contributed by atoms with Gasteiger partial charge in [-0.2, -0.15) is 11.8 Å². The van der Waals surface area contributed by atoms with Gasteiger partial charge in [-0.25, -0.2) is 0 Å². The zero-order valence-electron chi connectivity index (χ0n) is 15.4. The van der Waals surface area contributed by atoms with Gasteiger partial charge in [0.05, 0.1) is 0 Å². The van der Waals surface area contributed by atoms with Crippen molar-refractivity contribution in [2.75, 3.05) is 31.1 Å².